The van der Waals surface area contributed by atoms with Gasteiger partial charge in [0.2, 0.25) is 0 Å². The molecule has 0 atom stereocenters. The van der Waals surface area contributed by atoms with Gasteiger partial charge < -0.3 is 9.84 Å². The summed E-state index contributed by atoms with van der Waals surface area (Å²) in [5.74, 6) is -0.148. The molecule has 4 aromatic rings. The van der Waals surface area contributed by atoms with Gasteiger partial charge in [-0.2, -0.15) is 0 Å². The van der Waals surface area contributed by atoms with E-state index in [2.05, 4.69) is 25.8 Å². The molecule has 5 rings (SSSR count). The van der Waals surface area contributed by atoms with Crippen molar-refractivity contribution in [3.05, 3.63) is 64.4 Å². The summed E-state index contributed by atoms with van der Waals surface area (Å²) in [6.07, 6.45) is 3.76. The molecule has 150 valence electrons. The maximum absolute atomic E-state index is 13.0. The van der Waals surface area contributed by atoms with Crippen molar-refractivity contribution in [3.63, 3.8) is 0 Å². The largest absolute Gasteiger partial charge is 0.336 e. The Morgan fingerprint density at radius 2 is 1.93 bits per heavy atom. The zero-order valence-corrected chi connectivity index (χ0v) is 16.8. The molecule has 1 aliphatic rings. The molecule has 0 saturated heterocycles. The third-order valence-electron chi connectivity index (χ3n) is 4.93. The van der Waals surface area contributed by atoms with Crippen molar-refractivity contribution in [2.24, 2.45) is 0 Å². The molecule has 1 fully saturated rings. The maximum atomic E-state index is 13.0. The minimum absolute atomic E-state index is 0.257. The van der Waals surface area contributed by atoms with E-state index in [1.807, 2.05) is 6.07 Å². The number of carbonyl (C=O) groups excluding carboxylic acids is 2. The number of hydrogen-bond acceptors (Lipinski definition) is 7. The predicted octanol–water partition coefficient (Wildman–Crippen LogP) is 4.37. The highest BCUT2D eigenvalue weighted by atomic mass is 32.1. The van der Waals surface area contributed by atoms with Gasteiger partial charge >= 0.3 is 0 Å². The van der Waals surface area contributed by atoms with Crippen LogP contribution in [0.25, 0.3) is 11.1 Å². The highest BCUT2D eigenvalue weighted by molar-refractivity contribution is 7.13. The van der Waals surface area contributed by atoms with Crippen molar-refractivity contribution >= 4 is 45.1 Å². The van der Waals surface area contributed by atoms with E-state index < -0.39 is 0 Å². The molecule has 0 bridgehead atoms. The molecule has 8 nitrogen and oxygen atoms in total. The minimum atomic E-state index is -0.268. The Kier molecular flexibility index (Phi) is 4.51. The molecule has 1 aromatic carbocycles. The van der Waals surface area contributed by atoms with Crippen LogP contribution in [0, 0.1) is 6.92 Å². The van der Waals surface area contributed by atoms with Crippen molar-refractivity contribution < 1.29 is 14.1 Å². The van der Waals surface area contributed by atoms with E-state index in [9.17, 15) is 9.59 Å². The van der Waals surface area contributed by atoms with Gasteiger partial charge in [-0.25, -0.2) is 9.97 Å². The number of nitrogens with one attached hydrogen (secondary N) is 2. The number of thiazole rings is 1. The van der Waals surface area contributed by atoms with Gasteiger partial charge in [-0.15, -0.1) is 11.3 Å². The van der Waals surface area contributed by atoms with Crippen molar-refractivity contribution in [3.8, 4) is 0 Å². The van der Waals surface area contributed by atoms with Gasteiger partial charge in [0.1, 0.15) is 0 Å². The summed E-state index contributed by atoms with van der Waals surface area (Å²) in [4.78, 5) is 33.8. The number of benzene rings is 1. The third-order valence-corrected chi connectivity index (χ3v) is 5.62. The zero-order valence-electron chi connectivity index (χ0n) is 16.0. The van der Waals surface area contributed by atoms with Gasteiger partial charge in [0, 0.05) is 34.4 Å². The van der Waals surface area contributed by atoms with Crippen molar-refractivity contribution in [1.82, 2.24) is 15.1 Å². The molecule has 0 unspecified atom stereocenters. The van der Waals surface area contributed by atoms with E-state index in [1.165, 1.54) is 11.3 Å². The molecule has 0 spiro atoms. The van der Waals surface area contributed by atoms with Crippen LogP contribution in [0.3, 0.4) is 0 Å². The molecule has 30 heavy (non-hydrogen) atoms. The first kappa shape index (κ1) is 18.4. The van der Waals surface area contributed by atoms with Gasteiger partial charge in [0.05, 0.1) is 16.6 Å². The topological polar surface area (TPSA) is 110 Å². The van der Waals surface area contributed by atoms with Crippen LogP contribution >= 0.6 is 11.3 Å². The van der Waals surface area contributed by atoms with Gasteiger partial charge in [-0.1, -0.05) is 5.16 Å². The van der Waals surface area contributed by atoms with Crippen LogP contribution in [-0.2, 0) is 0 Å². The first-order valence-electron chi connectivity index (χ1n) is 9.47. The van der Waals surface area contributed by atoms with Gasteiger partial charge in [0.25, 0.3) is 17.5 Å². The number of anilines is 2. The number of fused-ring (bicyclic) bond motifs is 1. The number of amides is 2. The molecule has 9 heteroatoms. The maximum Gasteiger partial charge on any atom is 0.259 e. The zero-order chi connectivity index (χ0) is 20.7. The molecular formula is C21H17N5O3S. The summed E-state index contributed by atoms with van der Waals surface area (Å²) in [6, 6.07) is 8.52. The summed E-state index contributed by atoms with van der Waals surface area (Å²) < 4.78 is 5.30. The number of aromatic nitrogens is 3. The molecule has 0 radical (unpaired) electrons. The fraction of sp³-hybridized carbons (Fsp3) is 0.190. The van der Waals surface area contributed by atoms with Crippen molar-refractivity contribution in [2.45, 2.75) is 25.7 Å². The molecule has 2 N–H and O–H groups in total. The van der Waals surface area contributed by atoms with Gasteiger partial charge in [0.15, 0.2) is 5.13 Å². The average Bonchev–Trinajstić information content (AvgIpc) is 3.36. The number of aryl methyl sites for hydroxylation is 1. The van der Waals surface area contributed by atoms with Gasteiger partial charge in [-0.05, 0) is 50.1 Å². The Balaban J connectivity index is 1.36. The average molecular weight is 419 g/mol. The number of hydrogen-bond donors (Lipinski definition) is 2. The van der Waals surface area contributed by atoms with E-state index >= 15 is 0 Å². The van der Waals surface area contributed by atoms with Gasteiger partial charge in [-0.3, -0.25) is 14.9 Å². The van der Waals surface area contributed by atoms with Crippen LogP contribution in [-0.4, -0.2) is 26.9 Å². The number of pyridine rings is 1. The Morgan fingerprint density at radius 1 is 1.13 bits per heavy atom. The lowest BCUT2D eigenvalue weighted by molar-refractivity contribution is 0.102. The standard InChI is InChI=1S/C21H17N5O3S/c1-11-17-15(10-16(12-2-3-12)24-20(17)29-26-11)19(28)23-14-6-4-13(5-7-14)18(27)25-21-22-8-9-30-21/h4-10,12H,2-3H2,1H3,(H,23,28)(H,22,25,27). The minimum Gasteiger partial charge on any atom is -0.336 e. The molecule has 1 aliphatic carbocycles. The second-order valence-corrected chi connectivity index (χ2v) is 8.03. The molecule has 3 aromatic heterocycles. The van der Waals surface area contributed by atoms with Crippen LogP contribution in [0.1, 0.15) is 50.9 Å². The first-order valence-corrected chi connectivity index (χ1v) is 10.4. The SMILES string of the molecule is Cc1noc2nc(C3CC3)cc(C(=O)Nc3ccc(C(=O)Nc4nccs4)cc3)c12. The second-order valence-electron chi connectivity index (χ2n) is 7.14. The predicted molar refractivity (Wildman–Crippen MR) is 113 cm³/mol. The molecule has 1 saturated carbocycles. The second kappa shape index (κ2) is 7.34. The number of rotatable bonds is 5. The number of nitrogens with zero attached hydrogens (tertiary/aromatic N) is 3. The summed E-state index contributed by atoms with van der Waals surface area (Å²) in [5, 5.41) is 12.5. The molecule has 3 heterocycles. The van der Waals surface area contributed by atoms with E-state index in [0.717, 1.165) is 18.5 Å². The summed E-state index contributed by atoms with van der Waals surface area (Å²) in [7, 11) is 0. The first-order chi connectivity index (χ1) is 14.6. The fourth-order valence-corrected chi connectivity index (χ4v) is 3.76. The summed E-state index contributed by atoms with van der Waals surface area (Å²) in [6.45, 7) is 1.79. The van der Waals surface area contributed by atoms with Crippen molar-refractivity contribution in [2.75, 3.05) is 10.6 Å². The third kappa shape index (κ3) is 3.55. The molecule has 0 aliphatic heterocycles. The Labute approximate surface area is 175 Å². The van der Waals surface area contributed by atoms with Crippen LogP contribution in [0.15, 0.2) is 46.4 Å². The Bertz CT molecular complexity index is 1240. The lowest BCUT2D eigenvalue weighted by atomic mass is 10.1. The van der Waals surface area contributed by atoms with Crippen LogP contribution in [0.2, 0.25) is 0 Å². The monoisotopic (exact) mass is 419 g/mol. The van der Waals surface area contributed by atoms with Crippen LogP contribution in [0.5, 0.6) is 0 Å². The van der Waals surface area contributed by atoms with E-state index in [0.29, 0.717) is 44.7 Å². The highest BCUT2D eigenvalue weighted by Gasteiger charge is 2.28. The van der Waals surface area contributed by atoms with E-state index in [-0.39, 0.29) is 11.8 Å². The lowest BCUT2D eigenvalue weighted by Gasteiger charge is -2.09. The normalized spacial score (nSPS) is 13.4. The summed E-state index contributed by atoms with van der Waals surface area (Å²) >= 11 is 1.35. The molecule has 2 amide bonds. The molecular weight excluding hydrogens is 402 g/mol. The van der Waals surface area contributed by atoms with E-state index in [1.54, 1.807) is 42.8 Å². The highest BCUT2D eigenvalue weighted by Crippen LogP contribution is 2.40. The lowest BCUT2D eigenvalue weighted by Crippen LogP contribution is -2.14. The smallest absolute Gasteiger partial charge is 0.259 e. The van der Waals surface area contributed by atoms with Crippen LogP contribution in [0.4, 0.5) is 10.8 Å². The fourth-order valence-electron chi connectivity index (χ4n) is 3.24. The Hall–Kier alpha value is -3.59. The quantitative estimate of drug-likeness (QED) is 0.497. The Morgan fingerprint density at radius 3 is 2.63 bits per heavy atom. The number of carbonyl (C=O) groups is 2. The summed E-state index contributed by atoms with van der Waals surface area (Å²) in [5.41, 5.74) is 3.41. The van der Waals surface area contributed by atoms with E-state index in [4.69, 9.17) is 4.52 Å². The van der Waals surface area contributed by atoms with Crippen LogP contribution < -0.4 is 10.6 Å². The van der Waals surface area contributed by atoms with Crippen molar-refractivity contribution in [1.29, 1.82) is 0 Å².